The maximum absolute atomic E-state index is 4.26. The molecule has 8 heteroatoms. The van der Waals surface area contributed by atoms with Gasteiger partial charge in [-0.15, -0.1) is 11.8 Å². The average molecular weight is 1370 g/mol. The summed E-state index contributed by atoms with van der Waals surface area (Å²) in [5.41, 5.74) is 26.3. The number of halogens is 2. The minimum atomic E-state index is -0.245. The molecular formula is C92H89Cl2N5S. The van der Waals surface area contributed by atoms with Gasteiger partial charge in [0.2, 0.25) is 11.4 Å². The Morgan fingerprint density at radius 1 is 0.380 bits per heavy atom. The minimum Gasteiger partial charge on any atom is -1.00 e. The molecule has 0 unspecified atom stereocenters. The largest absolute Gasteiger partial charge is 1.00 e. The van der Waals surface area contributed by atoms with Crippen molar-refractivity contribution in [3.8, 4) is 0 Å². The summed E-state index contributed by atoms with van der Waals surface area (Å²) in [4.78, 5) is 6.41. The molecule has 6 aliphatic rings. The van der Waals surface area contributed by atoms with E-state index in [2.05, 4.69) is 350 Å². The van der Waals surface area contributed by atoms with Crippen molar-refractivity contribution in [1.29, 1.82) is 0 Å². The molecule has 0 fully saturated rings. The van der Waals surface area contributed by atoms with Gasteiger partial charge in [-0.2, -0.15) is 9.15 Å². The van der Waals surface area contributed by atoms with Crippen molar-refractivity contribution >= 4 is 111 Å². The van der Waals surface area contributed by atoms with Gasteiger partial charge in [-0.05, 0) is 192 Å². The monoisotopic (exact) mass is 1370 g/mol. The lowest BCUT2D eigenvalue weighted by Crippen LogP contribution is -3.00. The van der Waals surface area contributed by atoms with Crippen molar-refractivity contribution in [1.82, 2.24) is 5.32 Å². The SMILES string of the molecule is CCN1/C(=C/C=C2/C(NCCS/C3=C(\C=C\C4=[N+](CC)c5ccc6ccccc6c5C4(C)C)c4ccccc4\C3=C/C=C3/N(CC)c4ccc5ccccc5c4C3(C)C)=C(\C=C\C3=[N+](CC)c4ccc5ccccc5c4C3(C)C)c3ccccc32)C(C)(C)c2c1ccc1ccccc21.[Cl-].[Cl-]. The minimum absolute atomic E-state index is 0. The Bertz CT molecular complexity index is 5070. The molecule has 0 spiro atoms. The molecule has 0 atom stereocenters. The number of nitrogens with zero attached hydrogens (tertiary/aromatic N) is 4. The second kappa shape index (κ2) is 26.1. The molecule has 2 aliphatic carbocycles. The second-order valence-corrected chi connectivity index (χ2v) is 30.4. The summed E-state index contributed by atoms with van der Waals surface area (Å²) in [6.45, 7) is 32.8. The second-order valence-electron chi connectivity index (χ2n) is 29.3. The number of thioether (sulfide) groups is 1. The highest BCUT2D eigenvalue weighted by Crippen LogP contribution is 2.55. The van der Waals surface area contributed by atoms with E-state index < -0.39 is 0 Å². The van der Waals surface area contributed by atoms with Crippen LogP contribution in [0.4, 0.5) is 22.7 Å². The highest BCUT2D eigenvalue weighted by Gasteiger charge is 2.48. The lowest BCUT2D eigenvalue weighted by Gasteiger charge is -2.26. The molecule has 1 N–H and O–H groups in total. The summed E-state index contributed by atoms with van der Waals surface area (Å²) in [5.74, 6) is 0.819. The molecule has 10 aromatic carbocycles. The zero-order valence-corrected chi connectivity index (χ0v) is 62.1. The van der Waals surface area contributed by atoms with E-state index in [4.69, 9.17) is 0 Å². The summed E-state index contributed by atoms with van der Waals surface area (Å²) < 4.78 is 5.11. The van der Waals surface area contributed by atoms with Crippen LogP contribution in [0.25, 0.3) is 65.4 Å². The first-order valence-corrected chi connectivity index (χ1v) is 36.7. The van der Waals surface area contributed by atoms with Crippen LogP contribution in [0.15, 0.2) is 265 Å². The Hall–Kier alpha value is -9.17. The molecule has 4 aliphatic heterocycles. The van der Waals surface area contributed by atoms with Crippen LogP contribution in [0.3, 0.4) is 0 Å². The van der Waals surface area contributed by atoms with Gasteiger partial charge in [0.05, 0.1) is 10.8 Å². The van der Waals surface area contributed by atoms with Crippen LogP contribution >= 0.6 is 11.8 Å². The number of likely N-dealkylation sites (N-methyl/N-ethyl adjacent to an activating group) is 2. The van der Waals surface area contributed by atoms with Crippen LogP contribution in [0.1, 0.15) is 128 Å². The van der Waals surface area contributed by atoms with Crippen molar-refractivity contribution in [2.75, 3.05) is 48.3 Å². The smallest absolute Gasteiger partial charge is 0.210 e. The fourth-order valence-corrected chi connectivity index (χ4v) is 19.3. The lowest BCUT2D eigenvalue weighted by molar-refractivity contribution is -0.433. The van der Waals surface area contributed by atoms with Gasteiger partial charge >= 0.3 is 0 Å². The van der Waals surface area contributed by atoms with Crippen LogP contribution in [0, 0.1) is 0 Å². The van der Waals surface area contributed by atoms with E-state index in [-0.39, 0.29) is 46.5 Å². The van der Waals surface area contributed by atoms with Gasteiger partial charge < -0.3 is 39.9 Å². The van der Waals surface area contributed by atoms with E-state index in [1.807, 2.05) is 11.8 Å². The molecule has 4 heterocycles. The van der Waals surface area contributed by atoms with Crippen molar-refractivity contribution < 1.29 is 34.0 Å². The first-order valence-electron chi connectivity index (χ1n) is 35.7. The van der Waals surface area contributed by atoms with E-state index in [0.29, 0.717) is 0 Å². The van der Waals surface area contributed by atoms with E-state index in [1.165, 1.54) is 160 Å². The molecule has 10 aromatic rings. The fourth-order valence-electron chi connectivity index (χ4n) is 18.2. The van der Waals surface area contributed by atoms with Gasteiger partial charge in [-0.3, -0.25) is 0 Å². The van der Waals surface area contributed by atoms with Gasteiger partial charge in [0, 0.05) is 116 Å². The van der Waals surface area contributed by atoms with Gasteiger partial charge in [0.15, 0.2) is 11.4 Å². The zero-order valence-electron chi connectivity index (χ0n) is 59.8. The van der Waals surface area contributed by atoms with E-state index in [1.54, 1.807) is 0 Å². The summed E-state index contributed by atoms with van der Waals surface area (Å²) in [7, 11) is 0. The molecule has 5 nitrogen and oxygen atoms in total. The molecule has 0 saturated heterocycles. The number of nitrogens with one attached hydrogen (secondary N) is 1. The topological polar surface area (TPSA) is 24.5 Å². The lowest BCUT2D eigenvalue weighted by atomic mass is 9.79. The molecule has 100 heavy (non-hydrogen) atoms. The normalized spacial score (nSPS) is 19.0. The first-order chi connectivity index (χ1) is 47.5. The predicted molar refractivity (Wildman–Crippen MR) is 422 cm³/mol. The Balaban J connectivity index is 0.00000426. The van der Waals surface area contributed by atoms with Crippen LogP contribution in [-0.2, 0) is 21.7 Å². The standard InChI is InChI=1S/C92H88N5S.2ClH/c1-13-94-75-49-41-59-29-17-21-33-63(59)83(75)89(5,6)79(94)53-45-71-67-37-25-26-38-68(67)72(46-54-80-90(7,8)84-64-34-22-18-30-60(64)42-50-76(84)95(80)14-2)87(71)93-57-58-98-88-73(47-55-81-91(9,10)85-65-35-23-19-31-61(65)43-51-77(85)96(81)15-3)69-39-27-28-40-70(69)74(88)48-56-82-92(11,12)86-66-36-24-20-32-62(66)44-52-78(86)97(82)16-4;;/h17-56H,13-16,57-58H2,1-12H3;2*1H/q+1;;/p-1/b71-45+,79-53+;;. The van der Waals surface area contributed by atoms with Crippen molar-refractivity contribution in [3.63, 3.8) is 0 Å². The third kappa shape index (κ3) is 10.5. The van der Waals surface area contributed by atoms with Crippen LogP contribution < -0.4 is 39.9 Å². The molecule has 0 aromatic heterocycles. The third-order valence-electron chi connectivity index (χ3n) is 22.6. The number of fused-ring (bicyclic) bond motifs is 14. The average Bonchev–Trinajstić information content (AvgIpc) is 1.58. The van der Waals surface area contributed by atoms with Gasteiger partial charge in [-0.1, -0.05) is 198 Å². The number of benzene rings is 10. The maximum Gasteiger partial charge on any atom is 0.210 e. The van der Waals surface area contributed by atoms with Crippen LogP contribution in [-0.4, -0.2) is 59.1 Å². The van der Waals surface area contributed by atoms with Gasteiger partial charge in [0.1, 0.15) is 13.1 Å². The number of hydrogen-bond acceptors (Lipinski definition) is 4. The van der Waals surface area contributed by atoms with Crippen molar-refractivity contribution in [2.24, 2.45) is 0 Å². The molecule has 0 radical (unpaired) electrons. The van der Waals surface area contributed by atoms with E-state index in [0.717, 1.165) is 44.2 Å². The van der Waals surface area contributed by atoms with Crippen molar-refractivity contribution in [2.45, 2.75) is 105 Å². The number of rotatable bonds is 15. The third-order valence-corrected chi connectivity index (χ3v) is 23.7. The molecule has 0 saturated carbocycles. The zero-order chi connectivity index (χ0) is 67.6. The first kappa shape index (κ1) is 68.0. The molecule has 0 amide bonds. The van der Waals surface area contributed by atoms with Crippen LogP contribution in [0.5, 0.6) is 0 Å². The highest BCUT2D eigenvalue weighted by atomic mass is 35.5. The highest BCUT2D eigenvalue weighted by molar-refractivity contribution is 8.03. The van der Waals surface area contributed by atoms with Crippen molar-refractivity contribution in [3.05, 3.63) is 309 Å². The number of allylic oxidation sites excluding steroid dienone is 14. The van der Waals surface area contributed by atoms with E-state index >= 15 is 0 Å². The molecular weight excluding hydrogens is 1280 g/mol. The summed E-state index contributed by atoms with van der Waals surface area (Å²) in [6.07, 6.45) is 19.7. The summed E-state index contributed by atoms with van der Waals surface area (Å²) >= 11 is 1.99. The van der Waals surface area contributed by atoms with Gasteiger partial charge in [0.25, 0.3) is 0 Å². The predicted octanol–water partition coefficient (Wildman–Crippen LogP) is 16.3. The number of anilines is 2. The maximum atomic E-state index is 4.26. The van der Waals surface area contributed by atoms with Crippen LogP contribution in [0.2, 0.25) is 0 Å². The fraction of sp³-hybridized carbons (Fsp3) is 0.239. The van der Waals surface area contributed by atoms with E-state index in [9.17, 15) is 0 Å². The number of hydrogen-bond donors (Lipinski definition) is 1. The Labute approximate surface area is 608 Å². The Morgan fingerprint density at radius 3 is 1.19 bits per heavy atom. The quantitative estimate of drug-likeness (QED) is 0.0817. The molecule has 502 valence electrons. The molecule has 0 bridgehead atoms. The molecule has 16 rings (SSSR count). The summed E-state index contributed by atoms with van der Waals surface area (Å²) in [5, 5.41) is 14.7. The Morgan fingerprint density at radius 2 is 0.750 bits per heavy atom. The van der Waals surface area contributed by atoms with Gasteiger partial charge in [-0.25, -0.2) is 0 Å². The Kier molecular flexibility index (Phi) is 17.7. The summed E-state index contributed by atoms with van der Waals surface area (Å²) in [6, 6.07) is 72.6.